The van der Waals surface area contributed by atoms with E-state index in [-0.39, 0.29) is 36.0 Å². The van der Waals surface area contributed by atoms with E-state index in [1.807, 2.05) is 30.3 Å². The number of carbonyl (C=O) groups excluding carboxylic acids is 2. The summed E-state index contributed by atoms with van der Waals surface area (Å²) in [6.45, 7) is 1.08. The van der Waals surface area contributed by atoms with Crippen molar-refractivity contribution in [1.29, 1.82) is 0 Å². The molecule has 8 heteroatoms. The quantitative estimate of drug-likeness (QED) is 0.839. The number of hydrogen-bond acceptors (Lipinski definition) is 5. The summed E-state index contributed by atoms with van der Waals surface area (Å²) >= 11 is 0. The second kappa shape index (κ2) is 7.02. The molecule has 1 aromatic heterocycles. The second-order valence-corrected chi connectivity index (χ2v) is 6.48. The molecule has 8 nitrogen and oxygen atoms in total. The summed E-state index contributed by atoms with van der Waals surface area (Å²) in [5.41, 5.74) is 7.60. The lowest BCUT2D eigenvalue weighted by atomic mass is 9.95. The number of likely N-dealkylation sites (N-methyl/N-ethyl adjacent to an activating group) is 1. The smallest absolute Gasteiger partial charge is 0.276 e. The van der Waals surface area contributed by atoms with Gasteiger partial charge >= 0.3 is 0 Å². The van der Waals surface area contributed by atoms with E-state index in [1.54, 1.807) is 19.0 Å². The molecule has 0 radical (unpaired) electrons. The van der Waals surface area contributed by atoms with Crippen molar-refractivity contribution in [3.8, 4) is 0 Å². The molecule has 0 spiro atoms. The Kier molecular flexibility index (Phi) is 4.80. The summed E-state index contributed by atoms with van der Waals surface area (Å²) in [5.74, 6) is -0.218. The molecule has 1 fully saturated rings. The number of rotatable bonds is 4. The lowest BCUT2D eigenvalue weighted by molar-refractivity contribution is -0.129. The maximum atomic E-state index is 12.7. The van der Waals surface area contributed by atoms with Crippen LogP contribution in [0.2, 0.25) is 0 Å². The number of nitrogens with zero attached hydrogens (tertiary/aromatic N) is 5. The topological polar surface area (TPSA) is 97.4 Å². The number of aromatic nitrogens is 3. The summed E-state index contributed by atoms with van der Waals surface area (Å²) in [6, 6.07) is 9.85. The van der Waals surface area contributed by atoms with Gasteiger partial charge in [0.1, 0.15) is 6.54 Å². The molecule has 1 saturated heterocycles. The van der Waals surface area contributed by atoms with Gasteiger partial charge in [-0.05, 0) is 5.56 Å². The normalized spacial score (nSPS) is 19.9. The van der Waals surface area contributed by atoms with Gasteiger partial charge in [0.2, 0.25) is 5.91 Å². The van der Waals surface area contributed by atoms with Gasteiger partial charge in [-0.25, -0.2) is 4.68 Å². The molecular formula is C17H22N6O2. The Bertz CT molecular complexity index is 758. The third kappa shape index (κ3) is 3.69. The molecule has 0 bridgehead atoms. The number of amides is 2. The molecule has 0 aliphatic carbocycles. The van der Waals surface area contributed by atoms with Gasteiger partial charge in [-0.3, -0.25) is 9.59 Å². The molecule has 2 atom stereocenters. The molecule has 1 aliphatic rings. The Morgan fingerprint density at radius 2 is 1.96 bits per heavy atom. The predicted octanol–water partition coefficient (Wildman–Crippen LogP) is -0.0668. The van der Waals surface area contributed by atoms with Crippen molar-refractivity contribution in [2.24, 2.45) is 5.73 Å². The molecule has 2 heterocycles. The van der Waals surface area contributed by atoms with Crippen LogP contribution in [0.4, 0.5) is 0 Å². The zero-order valence-electron chi connectivity index (χ0n) is 14.4. The van der Waals surface area contributed by atoms with Gasteiger partial charge in [0.25, 0.3) is 5.91 Å². The van der Waals surface area contributed by atoms with E-state index in [9.17, 15) is 9.59 Å². The van der Waals surface area contributed by atoms with Crippen molar-refractivity contribution < 1.29 is 9.59 Å². The first-order valence-electron chi connectivity index (χ1n) is 8.16. The van der Waals surface area contributed by atoms with Crippen LogP contribution in [0.15, 0.2) is 36.5 Å². The van der Waals surface area contributed by atoms with E-state index >= 15 is 0 Å². The highest BCUT2D eigenvalue weighted by molar-refractivity contribution is 5.92. The number of carbonyl (C=O) groups is 2. The van der Waals surface area contributed by atoms with Gasteiger partial charge < -0.3 is 15.5 Å². The Morgan fingerprint density at radius 1 is 1.24 bits per heavy atom. The highest BCUT2D eigenvalue weighted by atomic mass is 16.2. The van der Waals surface area contributed by atoms with Gasteiger partial charge in [-0.15, -0.1) is 5.10 Å². The van der Waals surface area contributed by atoms with Gasteiger partial charge in [0.15, 0.2) is 5.69 Å². The minimum absolute atomic E-state index is 0.0550. The highest BCUT2D eigenvalue weighted by Crippen LogP contribution is 2.27. The van der Waals surface area contributed by atoms with Crippen LogP contribution in [0.25, 0.3) is 0 Å². The average Bonchev–Trinajstić information content (AvgIpc) is 3.21. The van der Waals surface area contributed by atoms with Crippen LogP contribution in [-0.4, -0.2) is 69.8 Å². The predicted molar refractivity (Wildman–Crippen MR) is 91.8 cm³/mol. The van der Waals surface area contributed by atoms with E-state index < -0.39 is 0 Å². The van der Waals surface area contributed by atoms with Crippen LogP contribution in [0.3, 0.4) is 0 Å². The van der Waals surface area contributed by atoms with Crippen LogP contribution in [0, 0.1) is 0 Å². The molecule has 2 N–H and O–H groups in total. The number of nitrogens with two attached hydrogens (primary N) is 1. The van der Waals surface area contributed by atoms with Crippen LogP contribution in [0.5, 0.6) is 0 Å². The van der Waals surface area contributed by atoms with Crippen molar-refractivity contribution in [2.45, 2.75) is 18.5 Å². The molecule has 0 saturated carbocycles. The van der Waals surface area contributed by atoms with Crippen molar-refractivity contribution >= 4 is 11.8 Å². The van der Waals surface area contributed by atoms with Crippen molar-refractivity contribution in [2.75, 3.05) is 27.2 Å². The fourth-order valence-corrected chi connectivity index (χ4v) is 2.96. The van der Waals surface area contributed by atoms with Crippen molar-refractivity contribution in [1.82, 2.24) is 24.8 Å². The summed E-state index contributed by atoms with van der Waals surface area (Å²) < 4.78 is 1.38. The first kappa shape index (κ1) is 17.1. The third-order valence-electron chi connectivity index (χ3n) is 4.43. The molecule has 3 rings (SSSR count). The fourth-order valence-electron chi connectivity index (χ4n) is 2.96. The third-order valence-corrected chi connectivity index (χ3v) is 4.43. The van der Waals surface area contributed by atoms with Gasteiger partial charge in [0, 0.05) is 39.1 Å². The van der Waals surface area contributed by atoms with E-state index in [4.69, 9.17) is 5.73 Å². The summed E-state index contributed by atoms with van der Waals surface area (Å²) in [6.07, 6.45) is 1.51. The van der Waals surface area contributed by atoms with Crippen molar-refractivity contribution in [3.05, 3.63) is 47.8 Å². The van der Waals surface area contributed by atoms with Gasteiger partial charge in [-0.1, -0.05) is 35.5 Å². The maximum absolute atomic E-state index is 12.7. The molecule has 132 valence electrons. The van der Waals surface area contributed by atoms with Gasteiger partial charge in [0.05, 0.1) is 6.20 Å². The highest BCUT2D eigenvalue weighted by Gasteiger charge is 2.35. The molecule has 2 amide bonds. The van der Waals surface area contributed by atoms with Crippen LogP contribution < -0.4 is 5.73 Å². The second-order valence-electron chi connectivity index (χ2n) is 6.48. The minimum atomic E-state index is -0.211. The number of hydrogen-bond donors (Lipinski definition) is 1. The molecule has 0 unspecified atom stereocenters. The zero-order valence-corrected chi connectivity index (χ0v) is 14.4. The number of likely N-dealkylation sites (tertiary alicyclic amines) is 1. The maximum Gasteiger partial charge on any atom is 0.276 e. The Labute approximate surface area is 146 Å². The molecular weight excluding hydrogens is 320 g/mol. The van der Waals surface area contributed by atoms with Gasteiger partial charge in [-0.2, -0.15) is 0 Å². The lowest BCUT2D eigenvalue weighted by Gasteiger charge is -2.15. The van der Waals surface area contributed by atoms with E-state index in [1.165, 1.54) is 15.8 Å². The summed E-state index contributed by atoms with van der Waals surface area (Å²) in [5, 5.41) is 7.77. The summed E-state index contributed by atoms with van der Waals surface area (Å²) in [7, 11) is 3.33. The Hall–Kier alpha value is -2.74. The van der Waals surface area contributed by atoms with Crippen LogP contribution >= 0.6 is 0 Å². The largest absolute Gasteiger partial charge is 0.347 e. The molecule has 25 heavy (non-hydrogen) atoms. The minimum Gasteiger partial charge on any atom is -0.347 e. The standard InChI is InChI=1S/C17H22N6O2/c1-21(2)16(24)11-23-10-15(19-20-23)17(25)22-8-13(14(18)9-22)12-6-4-3-5-7-12/h3-7,10,13-14H,8-9,11,18H2,1-2H3/t13-,14+/m0/s1. The zero-order chi connectivity index (χ0) is 18.0. The SMILES string of the molecule is CN(C)C(=O)Cn1cc(C(=O)N2C[C@@H](N)[C@H](c3ccccc3)C2)nn1. The molecule has 1 aliphatic heterocycles. The number of benzene rings is 1. The lowest BCUT2D eigenvalue weighted by Crippen LogP contribution is -2.32. The summed E-state index contributed by atoms with van der Waals surface area (Å²) in [4.78, 5) is 27.5. The van der Waals surface area contributed by atoms with Crippen molar-refractivity contribution in [3.63, 3.8) is 0 Å². The van der Waals surface area contributed by atoms with E-state index in [2.05, 4.69) is 10.3 Å². The monoisotopic (exact) mass is 342 g/mol. The first-order valence-corrected chi connectivity index (χ1v) is 8.16. The van der Waals surface area contributed by atoms with Crippen LogP contribution in [0.1, 0.15) is 22.0 Å². The molecule has 1 aromatic carbocycles. The Morgan fingerprint density at radius 3 is 2.64 bits per heavy atom. The van der Waals surface area contributed by atoms with E-state index in [0.717, 1.165) is 5.56 Å². The average molecular weight is 342 g/mol. The Balaban J connectivity index is 1.68. The first-order chi connectivity index (χ1) is 12.0. The van der Waals surface area contributed by atoms with E-state index in [0.29, 0.717) is 13.1 Å². The van der Waals surface area contributed by atoms with Crippen LogP contribution in [-0.2, 0) is 11.3 Å². The molecule has 2 aromatic rings. The fraction of sp³-hybridized carbons (Fsp3) is 0.412.